The van der Waals surface area contributed by atoms with Crippen LogP contribution in [0.15, 0.2) is 83.7 Å². The van der Waals surface area contributed by atoms with Crippen LogP contribution in [0, 0.1) is 6.92 Å². The van der Waals surface area contributed by atoms with Gasteiger partial charge in [-0.15, -0.1) is 0 Å². The molecule has 1 amide bonds. The summed E-state index contributed by atoms with van der Waals surface area (Å²) < 4.78 is 12.3. The fourth-order valence-electron chi connectivity index (χ4n) is 2.87. The number of aryl methyl sites for hydroxylation is 1. The molecule has 0 bridgehead atoms. The molecule has 0 radical (unpaired) electrons. The molecule has 2 aromatic heterocycles. The zero-order chi connectivity index (χ0) is 20.9. The molecule has 1 N–H and O–H groups in total. The van der Waals surface area contributed by atoms with Gasteiger partial charge in [0.05, 0.1) is 17.5 Å². The third-order valence-electron chi connectivity index (χ3n) is 4.54. The number of anilines is 1. The summed E-state index contributed by atoms with van der Waals surface area (Å²) in [6.45, 7) is 1.98. The Morgan fingerprint density at radius 3 is 2.63 bits per heavy atom. The van der Waals surface area contributed by atoms with Crippen molar-refractivity contribution in [3.63, 3.8) is 0 Å². The van der Waals surface area contributed by atoms with E-state index in [2.05, 4.69) is 10.4 Å². The number of aromatic nitrogens is 2. The van der Waals surface area contributed by atoms with Gasteiger partial charge < -0.3 is 14.5 Å². The van der Waals surface area contributed by atoms with Gasteiger partial charge in [0.1, 0.15) is 6.61 Å². The molecule has 0 atom stereocenters. The molecule has 0 aliphatic carbocycles. The highest BCUT2D eigenvalue weighted by atomic mass is 16.5. The maximum absolute atomic E-state index is 12.5. The summed E-state index contributed by atoms with van der Waals surface area (Å²) in [5, 5.41) is 6.93. The highest BCUT2D eigenvalue weighted by molar-refractivity contribution is 6.03. The first-order chi connectivity index (χ1) is 14.6. The summed E-state index contributed by atoms with van der Waals surface area (Å²) >= 11 is 0. The molecule has 7 heteroatoms. The molecule has 2 heterocycles. The smallest absolute Gasteiger partial charge is 0.338 e. The van der Waals surface area contributed by atoms with Crippen molar-refractivity contribution in [2.45, 2.75) is 13.5 Å². The number of nitrogens with zero attached hydrogens (tertiary/aromatic N) is 2. The van der Waals surface area contributed by atoms with Gasteiger partial charge in [0, 0.05) is 18.1 Å². The van der Waals surface area contributed by atoms with Gasteiger partial charge >= 0.3 is 5.97 Å². The first-order valence-electron chi connectivity index (χ1n) is 9.32. The normalized spacial score (nSPS) is 10.6. The van der Waals surface area contributed by atoms with Crippen molar-refractivity contribution in [1.82, 2.24) is 9.78 Å². The zero-order valence-corrected chi connectivity index (χ0v) is 16.2. The number of rotatable bonds is 6. The number of furan rings is 1. The van der Waals surface area contributed by atoms with Crippen molar-refractivity contribution in [3.8, 4) is 5.69 Å². The molecule has 2 aromatic carbocycles. The van der Waals surface area contributed by atoms with Crippen LogP contribution in [0.5, 0.6) is 0 Å². The van der Waals surface area contributed by atoms with Gasteiger partial charge in [-0.1, -0.05) is 18.2 Å². The van der Waals surface area contributed by atoms with Crippen molar-refractivity contribution in [1.29, 1.82) is 0 Å². The lowest BCUT2D eigenvalue weighted by atomic mass is 10.1. The van der Waals surface area contributed by atoms with Gasteiger partial charge in [0.25, 0.3) is 5.91 Å². The average molecular weight is 401 g/mol. The van der Waals surface area contributed by atoms with Crippen LogP contribution in [0.4, 0.5) is 5.69 Å². The van der Waals surface area contributed by atoms with E-state index in [1.807, 2.05) is 43.5 Å². The monoisotopic (exact) mass is 401 g/mol. The number of hydrogen-bond donors (Lipinski definition) is 1. The van der Waals surface area contributed by atoms with E-state index in [1.165, 1.54) is 6.26 Å². The van der Waals surface area contributed by atoms with Crippen LogP contribution < -0.4 is 5.32 Å². The molecule has 0 saturated heterocycles. The summed E-state index contributed by atoms with van der Waals surface area (Å²) in [4.78, 5) is 24.7. The second kappa shape index (κ2) is 8.48. The molecule has 0 saturated carbocycles. The molecule has 0 unspecified atom stereocenters. The number of hydrogen-bond acceptors (Lipinski definition) is 5. The molecular formula is C23H19N3O4. The molecule has 0 spiro atoms. The standard InChI is InChI=1S/C23H19N3O4/c1-16-5-8-18(14-20(16)25-22(27)21-4-2-13-29-21)23(28)30-15-17-6-9-19(10-7-17)26-12-3-11-24-26/h2-14H,15H2,1H3,(H,25,27). The summed E-state index contributed by atoms with van der Waals surface area (Å²) in [6, 6.07) is 17.7. The van der Waals surface area contributed by atoms with Crippen LogP contribution >= 0.6 is 0 Å². The molecule has 150 valence electrons. The highest BCUT2D eigenvalue weighted by Crippen LogP contribution is 2.19. The third kappa shape index (κ3) is 4.30. The SMILES string of the molecule is Cc1ccc(C(=O)OCc2ccc(-n3cccn3)cc2)cc1NC(=O)c1ccco1. The van der Waals surface area contributed by atoms with Crippen molar-refractivity contribution in [2.75, 3.05) is 5.32 Å². The molecule has 0 aliphatic rings. The minimum Gasteiger partial charge on any atom is -0.459 e. The second-order valence-electron chi connectivity index (χ2n) is 6.65. The third-order valence-corrected chi connectivity index (χ3v) is 4.54. The van der Waals surface area contributed by atoms with Gasteiger partial charge in [-0.2, -0.15) is 5.10 Å². The van der Waals surface area contributed by atoms with Crippen LogP contribution in [-0.2, 0) is 11.3 Å². The minimum atomic E-state index is -0.473. The molecule has 4 rings (SSSR count). The first kappa shape index (κ1) is 19.2. The van der Waals surface area contributed by atoms with E-state index in [9.17, 15) is 9.59 Å². The second-order valence-corrected chi connectivity index (χ2v) is 6.65. The van der Waals surface area contributed by atoms with E-state index in [-0.39, 0.29) is 18.3 Å². The summed E-state index contributed by atoms with van der Waals surface area (Å²) in [6.07, 6.45) is 4.99. The number of nitrogens with one attached hydrogen (secondary N) is 1. The summed E-state index contributed by atoms with van der Waals surface area (Å²) in [5.41, 5.74) is 3.47. The first-order valence-corrected chi connectivity index (χ1v) is 9.32. The Bertz CT molecular complexity index is 1150. The van der Waals surface area contributed by atoms with Crippen LogP contribution in [0.1, 0.15) is 32.0 Å². The number of carbonyl (C=O) groups is 2. The quantitative estimate of drug-likeness (QED) is 0.485. The fraction of sp³-hybridized carbons (Fsp3) is 0.0870. The Morgan fingerprint density at radius 2 is 1.93 bits per heavy atom. The molecule has 0 aliphatic heterocycles. The van der Waals surface area contributed by atoms with E-state index >= 15 is 0 Å². The van der Waals surface area contributed by atoms with Crippen LogP contribution in [0.25, 0.3) is 5.69 Å². The lowest BCUT2D eigenvalue weighted by Crippen LogP contribution is -2.13. The van der Waals surface area contributed by atoms with Crippen molar-refractivity contribution >= 4 is 17.6 Å². The largest absolute Gasteiger partial charge is 0.459 e. The maximum atomic E-state index is 12.5. The molecule has 0 fully saturated rings. The van der Waals surface area contributed by atoms with E-state index in [0.29, 0.717) is 11.3 Å². The van der Waals surface area contributed by atoms with Crippen molar-refractivity contribution in [3.05, 3.63) is 102 Å². The summed E-state index contributed by atoms with van der Waals surface area (Å²) in [5.74, 6) is -0.661. The molecular weight excluding hydrogens is 382 g/mol. The lowest BCUT2D eigenvalue weighted by molar-refractivity contribution is 0.0472. The fourth-order valence-corrected chi connectivity index (χ4v) is 2.87. The number of carbonyl (C=O) groups excluding carboxylic acids is 2. The van der Waals surface area contributed by atoms with E-state index in [0.717, 1.165) is 16.8 Å². The van der Waals surface area contributed by atoms with E-state index in [4.69, 9.17) is 9.15 Å². The maximum Gasteiger partial charge on any atom is 0.338 e. The predicted molar refractivity (Wildman–Crippen MR) is 111 cm³/mol. The van der Waals surface area contributed by atoms with Crippen LogP contribution in [0.3, 0.4) is 0 Å². The van der Waals surface area contributed by atoms with Gasteiger partial charge in [-0.25, -0.2) is 9.48 Å². The topological polar surface area (TPSA) is 86.4 Å². The van der Waals surface area contributed by atoms with Gasteiger partial charge in [-0.3, -0.25) is 4.79 Å². The van der Waals surface area contributed by atoms with Gasteiger partial charge in [-0.05, 0) is 60.5 Å². The minimum absolute atomic E-state index is 0.139. The number of amides is 1. The average Bonchev–Trinajstić information content (AvgIpc) is 3.48. The highest BCUT2D eigenvalue weighted by Gasteiger charge is 2.14. The van der Waals surface area contributed by atoms with Crippen LogP contribution in [-0.4, -0.2) is 21.7 Å². The Morgan fingerprint density at radius 1 is 1.10 bits per heavy atom. The van der Waals surface area contributed by atoms with E-state index in [1.54, 1.807) is 41.2 Å². The predicted octanol–water partition coefficient (Wildman–Crippen LogP) is 4.38. The van der Waals surface area contributed by atoms with Crippen molar-refractivity contribution in [2.24, 2.45) is 0 Å². The molecule has 30 heavy (non-hydrogen) atoms. The Balaban J connectivity index is 1.40. The number of ether oxygens (including phenoxy) is 1. The molecule has 4 aromatic rings. The van der Waals surface area contributed by atoms with Gasteiger partial charge in [0.2, 0.25) is 0 Å². The van der Waals surface area contributed by atoms with E-state index < -0.39 is 5.97 Å². The molecule has 7 nitrogen and oxygen atoms in total. The number of esters is 1. The lowest BCUT2D eigenvalue weighted by Gasteiger charge is -2.10. The van der Waals surface area contributed by atoms with Gasteiger partial charge in [0.15, 0.2) is 5.76 Å². The Hall–Kier alpha value is -4.13. The number of benzene rings is 2. The van der Waals surface area contributed by atoms with Crippen molar-refractivity contribution < 1.29 is 18.7 Å². The Labute approximate surface area is 172 Å². The van der Waals surface area contributed by atoms with Crippen LogP contribution in [0.2, 0.25) is 0 Å². The Kier molecular flexibility index (Phi) is 5.43. The zero-order valence-electron chi connectivity index (χ0n) is 16.2. The summed E-state index contributed by atoms with van der Waals surface area (Å²) in [7, 11) is 0.